The van der Waals surface area contributed by atoms with Gasteiger partial charge in [0.05, 0.1) is 11.0 Å². The van der Waals surface area contributed by atoms with Gasteiger partial charge < -0.3 is 0 Å². The van der Waals surface area contributed by atoms with Crippen molar-refractivity contribution in [3.8, 4) is 0 Å². The molecule has 198 valence electrons. The smallest absolute Gasteiger partial charge is 0.263 e. The molecule has 1 aromatic rings. The Morgan fingerprint density at radius 3 is 1.29 bits per heavy atom. The zero-order chi connectivity index (χ0) is 24.7. The fourth-order valence-electron chi connectivity index (χ4n) is 4.60. The summed E-state index contributed by atoms with van der Waals surface area (Å²) in [6.07, 6.45) is 25.9. The third kappa shape index (κ3) is 16.7. The number of rotatable bonds is 24. The monoisotopic (exact) mass is 494 g/mol. The first-order valence-corrected chi connectivity index (χ1v) is 16.0. The van der Waals surface area contributed by atoms with Gasteiger partial charge in [0.15, 0.2) is 0 Å². The van der Waals surface area contributed by atoms with E-state index in [1.54, 1.807) is 24.3 Å². The van der Waals surface area contributed by atoms with Crippen LogP contribution in [-0.4, -0.2) is 14.5 Å². The van der Waals surface area contributed by atoms with Crippen LogP contribution in [0.3, 0.4) is 0 Å². The average Bonchev–Trinajstić information content (AvgIpc) is 2.84. The highest BCUT2D eigenvalue weighted by Crippen LogP contribution is 2.22. The molecule has 0 aliphatic rings. The molecule has 1 unspecified atom stereocenters. The number of benzene rings is 1. The second-order valence-corrected chi connectivity index (χ2v) is 11.6. The van der Waals surface area contributed by atoms with Crippen molar-refractivity contribution in [3.05, 3.63) is 30.3 Å². The van der Waals surface area contributed by atoms with Gasteiger partial charge in [0.25, 0.3) is 10.1 Å². The minimum absolute atomic E-state index is 0.191. The van der Waals surface area contributed by atoms with Crippen molar-refractivity contribution in [2.45, 2.75) is 160 Å². The summed E-state index contributed by atoms with van der Waals surface area (Å²) in [6, 6.07) is 8.61. The molecule has 0 N–H and O–H groups in total. The molecule has 34 heavy (non-hydrogen) atoms. The average molecular weight is 495 g/mol. The van der Waals surface area contributed by atoms with Crippen molar-refractivity contribution in [1.29, 1.82) is 0 Å². The molecule has 3 nitrogen and oxygen atoms in total. The normalized spacial score (nSPS) is 12.8. The van der Waals surface area contributed by atoms with Crippen LogP contribution in [0.4, 0.5) is 0 Å². The fraction of sp³-hybridized carbons (Fsp3) is 0.800. The van der Waals surface area contributed by atoms with E-state index in [0.717, 1.165) is 25.7 Å². The van der Waals surface area contributed by atoms with Crippen molar-refractivity contribution in [2.75, 3.05) is 0 Å². The first-order chi connectivity index (χ1) is 16.6. The summed E-state index contributed by atoms with van der Waals surface area (Å²) in [7, 11) is -3.68. The lowest BCUT2D eigenvalue weighted by molar-refractivity contribution is 0.180. The van der Waals surface area contributed by atoms with Crippen LogP contribution in [0, 0.1) is 0 Å². The number of hydrogen-bond acceptors (Lipinski definition) is 3. The molecule has 0 fully saturated rings. The molecule has 0 aliphatic heterocycles. The summed E-state index contributed by atoms with van der Waals surface area (Å²) < 4.78 is 31.3. The van der Waals surface area contributed by atoms with Gasteiger partial charge in [-0.3, -0.25) is 4.18 Å². The topological polar surface area (TPSA) is 43.4 Å². The number of unbranched alkanes of at least 4 members (excludes halogenated alkanes) is 17. The second kappa shape index (κ2) is 21.4. The number of hydrogen-bond donors (Lipinski definition) is 0. The van der Waals surface area contributed by atoms with E-state index in [1.165, 1.54) is 109 Å². The Labute approximate surface area is 212 Å². The van der Waals surface area contributed by atoms with Crippen LogP contribution in [-0.2, 0) is 14.3 Å². The summed E-state index contributed by atoms with van der Waals surface area (Å²) in [5.74, 6) is 0. The van der Waals surface area contributed by atoms with Crippen molar-refractivity contribution in [3.63, 3.8) is 0 Å². The van der Waals surface area contributed by atoms with Gasteiger partial charge in [-0.05, 0) is 25.0 Å². The van der Waals surface area contributed by atoms with Gasteiger partial charge in [0.1, 0.15) is 0 Å². The standard InChI is InChI=1S/C30H54O3S/c1-3-5-7-9-11-13-15-17-19-22-26-29(25-21-18-16-14-12-10-8-6-4-2)33-34(31,32)30-27-23-20-24-28-30/h20,23-24,27-29H,3-19,21-22,25-26H2,1-2H3. The molecule has 0 saturated heterocycles. The van der Waals surface area contributed by atoms with Gasteiger partial charge in [0.2, 0.25) is 0 Å². The Bertz CT molecular complexity index is 657. The molecule has 0 aliphatic carbocycles. The molecular weight excluding hydrogens is 440 g/mol. The van der Waals surface area contributed by atoms with Crippen LogP contribution in [0.25, 0.3) is 0 Å². The van der Waals surface area contributed by atoms with Gasteiger partial charge in [-0.1, -0.05) is 154 Å². The van der Waals surface area contributed by atoms with E-state index in [2.05, 4.69) is 13.8 Å². The molecule has 0 aromatic heterocycles. The molecule has 1 rings (SSSR count). The zero-order valence-electron chi connectivity index (χ0n) is 22.4. The SMILES string of the molecule is CCCCCCCCCCCCC(CCCCCCCCCCC)OS(=O)(=O)c1ccccc1. The van der Waals surface area contributed by atoms with Crippen molar-refractivity contribution < 1.29 is 12.6 Å². The summed E-state index contributed by atoms with van der Waals surface area (Å²) >= 11 is 0. The van der Waals surface area contributed by atoms with Crippen molar-refractivity contribution in [2.24, 2.45) is 0 Å². The van der Waals surface area contributed by atoms with E-state index < -0.39 is 10.1 Å². The Kier molecular flexibility index (Phi) is 19.6. The summed E-state index contributed by atoms with van der Waals surface area (Å²) in [5, 5.41) is 0. The Hall–Kier alpha value is -0.870. The van der Waals surface area contributed by atoms with Gasteiger partial charge in [0, 0.05) is 0 Å². The van der Waals surface area contributed by atoms with Gasteiger partial charge >= 0.3 is 0 Å². The van der Waals surface area contributed by atoms with Crippen LogP contribution in [0.15, 0.2) is 35.2 Å². The lowest BCUT2D eigenvalue weighted by Gasteiger charge is -2.18. The van der Waals surface area contributed by atoms with Crippen molar-refractivity contribution >= 4 is 10.1 Å². The maximum Gasteiger partial charge on any atom is 0.297 e. The fourth-order valence-corrected chi connectivity index (χ4v) is 5.76. The predicted molar refractivity (Wildman–Crippen MR) is 147 cm³/mol. The zero-order valence-corrected chi connectivity index (χ0v) is 23.3. The molecule has 0 saturated carbocycles. The Morgan fingerprint density at radius 2 is 0.912 bits per heavy atom. The Morgan fingerprint density at radius 1 is 0.559 bits per heavy atom. The third-order valence-electron chi connectivity index (χ3n) is 6.80. The highest BCUT2D eigenvalue weighted by atomic mass is 32.2. The third-order valence-corrected chi connectivity index (χ3v) is 8.18. The highest BCUT2D eigenvalue weighted by molar-refractivity contribution is 7.86. The minimum atomic E-state index is -3.68. The summed E-state index contributed by atoms with van der Waals surface area (Å²) in [5.41, 5.74) is 0. The Balaban J connectivity index is 2.32. The van der Waals surface area contributed by atoms with Gasteiger partial charge in [-0.25, -0.2) is 0 Å². The lowest BCUT2D eigenvalue weighted by atomic mass is 10.0. The second-order valence-electron chi connectivity index (χ2n) is 10.1. The minimum Gasteiger partial charge on any atom is -0.263 e. The van der Waals surface area contributed by atoms with Crippen molar-refractivity contribution in [1.82, 2.24) is 0 Å². The van der Waals surface area contributed by atoms with Crippen LogP contribution >= 0.6 is 0 Å². The molecule has 0 radical (unpaired) electrons. The predicted octanol–water partition coefficient (Wildman–Crippen LogP) is 9.99. The summed E-state index contributed by atoms with van der Waals surface area (Å²) in [6.45, 7) is 4.52. The molecule has 0 bridgehead atoms. The van der Waals surface area contributed by atoms with E-state index in [9.17, 15) is 8.42 Å². The van der Waals surface area contributed by atoms with E-state index in [-0.39, 0.29) is 11.0 Å². The summed E-state index contributed by atoms with van der Waals surface area (Å²) in [4.78, 5) is 0.273. The van der Waals surface area contributed by atoms with Crippen LogP contribution in [0.5, 0.6) is 0 Å². The largest absolute Gasteiger partial charge is 0.297 e. The molecule has 0 heterocycles. The quantitative estimate of drug-likeness (QED) is 0.106. The van der Waals surface area contributed by atoms with Crippen LogP contribution < -0.4 is 0 Å². The van der Waals surface area contributed by atoms with Gasteiger partial charge in [-0.15, -0.1) is 0 Å². The van der Waals surface area contributed by atoms with Crippen LogP contribution in [0.1, 0.15) is 149 Å². The maximum absolute atomic E-state index is 12.8. The van der Waals surface area contributed by atoms with Gasteiger partial charge in [-0.2, -0.15) is 8.42 Å². The lowest BCUT2D eigenvalue weighted by Crippen LogP contribution is -2.19. The molecule has 0 spiro atoms. The molecule has 1 atom stereocenters. The molecular formula is C30H54O3S. The van der Waals surface area contributed by atoms with Crippen LogP contribution in [0.2, 0.25) is 0 Å². The van der Waals surface area contributed by atoms with E-state index >= 15 is 0 Å². The first kappa shape index (κ1) is 31.2. The first-order valence-electron chi connectivity index (χ1n) is 14.6. The molecule has 0 amide bonds. The van der Waals surface area contributed by atoms with E-state index in [1.807, 2.05) is 6.07 Å². The molecule has 4 heteroatoms. The van der Waals surface area contributed by atoms with E-state index in [4.69, 9.17) is 4.18 Å². The van der Waals surface area contributed by atoms with E-state index in [0.29, 0.717) is 0 Å². The highest BCUT2D eigenvalue weighted by Gasteiger charge is 2.21. The maximum atomic E-state index is 12.8. The molecule has 1 aromatic carbocycles.